The van der Waals surface area contributed by atoms with Crippen LogP contribution in [0.2, 0.25) is 0 Å². The van der Waals surface area contributed by atoms with E-state index in [4.69, 9.17) is 0 Å². The van der Waals surface area contributed by atoms with Gasteiger partial charge in [0.2, 0.25) is 5.91 Å². The summed E-state index contributed by atoms with van der Waals surface area (Å²) in [7, 11) is 0. The van der Waals surface area contributed by atoms with Gasteiger partial charge in [0, 0.05) is 44.3 Å². The van der Waals surface area contributed by atoms with Crippen molar-refractivity contribution in [3.05, 3.63) is 47.3 Å². The standard InChI is InChI=1S/C24H34N4O/c1-19-18-20(2)28(25-19)23-11-8-21(9-12-23)10-13-24(29)27-16-14-26(15-17-27)22-6-4-3-5-7-22/h8-9,11-12,18,22H,3-7,10,13-17H2,1-2H3. The van der Waals surface area contributed by atoms with Crippen molar-refractivity contribution in [2.45, 2.75) is 64.8 Å². The Balaban J connectivity index is 1.25. The van der Waals surface area contributed by atoms with E-state index in [1.54, 1.807) is 0 Å². The van der Waals surface area contributed by atoms with Gasteiger partial charge in [-0.3, -0.25) is 9.69 Å². The van der Waals surface area contributed by atoms with Crippen LogP contribution in [0.25, 0.3) is 5.69 Å². The number of aryl methyl sites for hydroxylation is 3. The average Bonchev–Trinajstić information content (AvgIpc) is 3.11. The highest BCUT2D eigenvalue weighted by Gasteiger charge is 2.26. The van der Waals surface area contributed by atoms with E-state index in [2.05, 4.69) is 52.2 Å². The third-order valence-corrected chi connectivity index (χ3v) is 6.58. The minimum atomic E-state index is 0.302. The Morgan fingerprint density at radius 2 is 1.69 bits per heavy atom. The number of rotatable bonds is 5. The molecule has 2 heterocycles. The van der Waals surface area contributed by atoms with Gasteiger partial charge in [0.15, 0.2) is 0 Å². The molecule has 1 saturated heterocycles. The molecule has 0 atom stereocenters. The van der Waals surface area contributed by atoms with E-state index in [1.807, 2.05) is 11.6 Å². The van der Waals surface area contributed by atoms with Crippen molar-refractivity contribution in [3.63, 3.8) is 0 Å². The monoisotopic (exact) mass is 394 g/mol. The minimum absolute atomic E-state index is 0.302. The zero-order valence-corrected chi connectivity index (χ0v) is 17.9. The molecule has 0 bridgehead atoms. The Morgan fingerprint density at radius 3 is 2.31 bits per heavy atom. The minimum Gasteiger partial charge on any atom is -0.340 e. The van der Waals surface area contributed by atoms with E-state index in [9.17, 15) is 4.79 Å². The normalized spacial score (nSPS) is 18.9. The second kappa shape index (κ2) is 9.12. The molecular weight excluding hydrogens is 360 g/mol. The van der Waals surface area contributed by atoms with Gasteiger partial charge < -0.3 is 4.90 Å². The average molecular weight is 395 g/mol. The summed E-state index contributed by atoms with van der Waals surface area (Å²) in [5.41, 5.74) is 4.45. The molecule has 4 rings (SSSR count). The summed E-state index contributed by atoms with van der Waals surface area (Å²) in [6.45, 7) is 7.97. The van der Waals surface area contributed by atoms with Gasteiger partial charge in [0.05, 0.1) is 11.4 Å². The quantitative estimate of drug-likeness (QED) is 0.772. The van der Waals surface area contributed by atoms with Crippen LogP contribution in [0.5, 0.6) is 0 Å². The SMILES string of the molecule is Cc1cc(C)n(-c2ccc(CCC(=O)N3CCN(C4CCCCC4)CC3)cc2)n1. The molecule has 5 heteroatoms. The summed E-state index contributed by atoms with van der Waals surface area (Å²) in [5, 5.41) is 4.54. The fourth-order valence-corrected chi connectivity index (χ4v) is 4.89. The number of hydrogen-bond acceptors (Lipinski definition) is 3. The van der Waals surface area contributed by atoms with Crippen LogP contribution in [0.4, 0.5) is 0 Å². The number of amides is 1. The van der Waals surface area contributed by atoms with Gasteiger partial charge >= 0.3 is 0 Å². The number of benzene rings is 1. The molecule has 1 saturated carbocycles. The number of aromatic nitrogens is 2. The fraction of sp³-hybridized carbons (Fsp3) is 0.583. The topological polar surface area (TPSA) is 41.4 Å². The lowest BCUT2D eigenvalue weighted by Gasteiger charge is -2.40. The van der Waals surface area contributed by atoms with Gasteiger partial charge in [0.25, 0.3) is 0 Å². The summed E-state index contributed by atoms with van der Waals surface area (Å²) in [6, 6.07) is 11.3. The lowest BCUT2D eigenvalue weighted by molar-refractivity contribution is -0.133. The van der Waals surface area contributed by atoms with Gasteiger partial charge in [-0.05, 0) is 56.9 Å². The van der Waals surface area contributed by atoms with E-state index in [1.165, 1.54) is 37.7 Å². The highest BCUT2D eigenvalue weighted by atomic mass is 16.2. The summed E-state index contributed by atoms with van der Waals surface area (Å²) >= 11 is 0. The third-order valence-electron chi connectivity index (χ3n) is 6.58. The summed E-state index contributed by atoms with van der Waals surface area (Å²) in [4.78, 5) is 17.4. The number of hydrogen-bond donors (Lipinski definition) is 0. The molecule has 0 spiro atoms. The molecular formula is C24H34N4O. The first-order valence-corrected chi connectivity index (χ1v) is 11.2. The summed E-state index contributed by atoms with van der Waals surface area (Å²) < 4.78 is 1.97. The second-order valence-corrected chi connectivity index (χ2v) is 8.71. The summed E-state index contributed by atoms with van der Waals surface area (Å²) in [6.07, 6.45) is 8.26. The van der Waals surface area contributed by atoms with E-state index < -0.39 is 0 Å². The number of carbonyl (C=O) groups is 1. The van der Waals surface area contributed by atoms with Gasteiger partial charge in [-0.1, -0.05) is 31.4 Å². The van der Waals surface area contributed by atoms with Crippen molar-refractivity contribution >= 4 is 5.91 Å². The first-order chi connectivity index (χ1) is 14.1. The Morgan fingerprint density at radius 1 is 1.00 bits per heavy atom. The maximum absolute atomic E-state index is 12.7. The van der Waals surface area contributed by atoms with Gasteiger partial charge in [0.1, 0.15) is 0 Å². The highest BCUT2D eigenvalue weighted by molar-refractivity contribution is 5.76. The van der Waals surface area contributed by atoms with Crippen LogP contribution >= 0.6 is 0 Å². The molecule has 0 radical (unpaired) electrons. The van der Waals surface area contributed by atoms with E-state index in [0.717, 1.165) is 55.7 Å². The highest BCUT2D eigenvalue weighted by Crippen LogP contribution is 2.23. The van der Waals surface area contributed by atoms with Crippen LogP contribution < -0.4 is 0 Å². The van der Waals surface area contributed by atoms with Crippen LogP contribution in [-0.2, 0) is 11.2 Å². The smallest absolute Gasteiger partial charge is 0.222 e. The van der Waals surface area contributed by atoms with Crippen LogP contribution in [0.1, 0.15) is 55.5 Å². The van der Waals surface area contributed by atoms with Crippen molar-refractivity contribution in [3.8, 4) is 5.69 Å². The number of nitrogens with zero attached hydrogens (tertiary/aromatic N) is 4. The van der Waals surface area contributed by atoms with E-state index in [0.29, 0.717) is 12.3 Å². The molecule has 5 nitrogen and oxygen atoms in total. The van der Waals surface area contributed by atoms with Crippen LogP contribution in [0.3, 0.4) is 0 Å². The zero-order valence-electron chi connectivity index (χ0n) is 17.9. The molecule has 2 fully saturated rings. The molecule has 0 unspecified atom stereocenters. The maximum atomic E-state index is 12.7. The summed E-state index contributed by atoms with van der Waals surface area (Å²) in [5.74, 6) is 0.302. The molecule has 1 aliphatic heterocycles. The van der Waals surface area contributed by atoms with Gasteiger partial charge in [-0.25, -0.2) is 4.68 Å². The molecule has 0 N–H and O–H groups in total. The van der Waals surface area contributed by atoms with Gasteiger partial charge in [-0.15, -0.1) is 0 Å². The molecule has 2 aliphatic rings. The molecule has 1 aromatic carbocycles. The zero-order chi connectivity index (χ0) is 20.2. The molecule has 1 aliphatic carbocycles. The molecule has 29 heavy (non-hydrogen) atoms. The number of piperazine rings is 1. The first kappa shape index (κ1) is 20.1. The van der Waals surface area contributed by atoms with Crippen molar-refractivity contribution in [1.82, 2.24) is 19.6 Å². The Hall–Kier alpha value is -2.14. The Labute approximate surface area is 174 Å². The second-order valence-electron chi connectivity index (χ2n) is 8.71. The molecule has 2 aromatic rings. The lowest BCUT2D eigenvalue weighted by Crippen LogP contribution is -2.52. The van der Waals surface area contributed by atoms with Crippen molar-refractivity contribution in [1.29, 1.82) is 0 Å². The van der Waals surface area contributed by atoms with Crippen LogP contribution in [0.15, 0.2) is 30.3 Å². The molecule has 156 valence electrons. The lowest BCUT2D eigenvalue weighted by atomic mass is 9.94. The van der Waals surface area contributed by atoms with Crippen molar-refractivity contribution in [2.75, 3.05) is 26.2 Å². The first-order valence-electron chi connectivity index (χ1n) is 11.2. The van der Waals surface area contributed by atoms with Crippen LogP contribution in [-0.4, -0.2) is 57.7 Å². The predicted octanol–water partition coefficient (Wildman–Crippen LogP) is 3.90. The van der Waals surface area contributed by atoms with E-state index >= 15 is 0 Å². The third kappa shape index (κ3) is 4.89. The van der Waals surface area contributed by atoms with Gasteiger partial charge in [-0.2, -0.15) is 5.10 Å². The fourth-order valence-electron chi connectivity index (χ4n) is 4.89. The van der Waals surface area contributed by atoms with Crippen molar-refractivity contribution in [2.24, 2.45) is 0 Å². The van der Waals surface area contributed by atoms with Crippen LogP contribution in [0, 0.1) is 13.8 Å². The Kier molecular flexibility index (Phi) is 6.34. The van der Waals surface area contributed by atoms with Crippen molar-refractivity contribution < 1.29 is 4.79 Å². The maximum Gasteiger partial charge on any atom is 0.222 e. The molecule has 1 aromatic heterocycles. The van der Waals surface area contributed by atoms with E-state index in [-0.39, 0.29) is 0 Å². The molecule has 1 amide bonds. The predicted molar refractivity (Wildman–Crippen MR) is 116 cm³/mol. The Bertz CT molecular complexity index is 812. The largest absolute Gasteiger partial charge is 0.340 e. The number of carbonyl (C=O) groups excluding carboxylic acids is 1.